The standard InChI is InChI=1S/C10H12F3NO2/c1-2-16-7-6-14-5-3-4-8(14)9(15)10(11,12)13/h3-5H,2,6-7H2,1H3. The molecule has 1 aromatic heterocycles. The second-order valence-electron chi connectivity index (χ2n) is 3.11. The maximum absolute atomic E-state index is 12.2. The van der Waals surface area contributed by atoms with Crippen LogP contribution >= 0.6 is 0 Å². The highest BCUT2D eigenvalue weighted by atomic mass is 19.4. The fraction of sp³-hybridized carbons (Fsp3) is 0.500. The Bertz CT molecular complexity index is 357. The van der Waals surface area contributed by atoms with Crippen LogP contribution in [0.4, 0.5) is 13.2 Å². The Morgan fingerprint density at radius 2 is 2.19 bits per heavy atom. The molecule has 0 aliphatic carbocycles. The second-order valence-corrected chi connectivity index (χ2v) is 3.11. The van der Waals surface area contributed by atoms with Crippen LogP contribution in [-0.4, -0.2) is 29.7 Å². The number of rotatable bonds is 5. The summed E-state index contributed by atoms with van der Waals surface area (Å²) in [5.41, 5.74) is -0.354. The maximum atomic E-state index is 12.2. The topological polar surface area (TPSA) is 31.2 Å². The molecule has 1 rings (SSSR count). The van der Waals surface area contributed by atoms with Crippen LogP contribution in [0.5, 0.6) is 0 Å². The van der Waals surface area contributed by atoms with Gasteiger partial charge in [-0.2, -0.15) is 13.2 Å². The molecular weight excluding hydrogens is 223 g/mol. The first-order valence-corrected chi connectivity index (χ1v) is 4.81. The monoisotopic (exact) mass is 235 g/mol. The van der Waals surface area contributed by atoms with Crippen LogP contribution in [0.3, 0.4) is 0 Å². The third kappa shape index (κ3) is 3.10. The second kappa shape index (κ2) is 5.16. The number of Topliss-reactive ketones (excluding diaryl/α,β-unsaturated/α-hetero) is 1. The van der Waals surface area contributed by atoms with Gasteiger partial charge in [0, 0.05) is 19.3 Å². The molecule has 0 spiro atoms. The highest BCUT2D eigenvalue weighted by Crippen LogP contribution is 2.21. The van der Waals surface area contributed by atoms with Gasteiger partial charge in [0.05, 0.1) is 12.3 Å². The predicted octanol–water partition coefficient (Wildman–Crippen LogP) is 2.27. The molecule has 0 N–H and O–H groups in total. The van der Waals surface area contributed by atoms with E-state index >= 15 is 0 Å². The average molecular weight is 235 g/mol. The third-order valence-electron chi connectivity index (χ3n) is 2.00. The van der Waals surface area contributed by atoms with Crippen LogP contribution < -0.4 is 0 Å². The zero-order chi connectivity index (χ0) is 12.2. The van der Waals surface area contributed by atoms with Crippen molar-refractivity contribution in [2.45, 2.75) is 19.6 Å². The van der Waals surface area contributed by atoms with Crippen molar-refractivity contribution in [3.63, 3.8) is 0 Å². The number of hydrogen-bond donors (Lipinski definition) is 0. The summed E-state index contributed by atoms with van der Waals surface area (Å²) in [5.74, 6) is -1.83. The van der Waals surface area contributed by atoms with Crippen LogP contribution in [0.2, 0.25) is 0 Å². The lowest BCUT2D eigenvalue weighted by Gasteiger charge is -2.09. The van der Waals surface area contributed by atoms with Gasteiger partial charge in [-0.3, -0.25) is 4.79 Å². The van der Waals surface area contributed by atoms with Crippen LogP contribution in [0.25, 0.3) is 0 Å². The van der Waals surface area contributed by atoms with Gasteiger partial charge in [-0.05, 0) is 19.1 Å². The normalized spacial score (nSPS) is 11.8. The Morgan fingerprint density at radius 3 is 2.75 bits per heavy atom. The van der Waals surface area contributed by atoms with Crippen molar-refractivity contribution in [1.82, 2.24) is 4.57 Å². The molecule has 0 aromatic carbocycles. The molecule has 0 atom stereocenters. The number of halogens is 3. The summed E-state index contributed by atoms with van der Waals surface area (Å²) in [6.45, 7) is 2.79. The highest BCUT2D eigenvalue weighted by molar-refractivity contribution is 5.98. The third-order valence-corrected chi connectivity index (χ3v) is 2.00. The van der Waals surface area contributed by atoms with E-state index in [1.165, 1.54) is 16.8 Å². The van der Waals surface area contributed by atoms with E-state index in [4.69, 9.17) is 4.74 Å². The summed E-state index contributed by atoms with van der Waals surface area (Å²) in [6.07, 6.45) is -3.40. The number of ether oxygens (including phenoxy) is 1. The minimum absolute atomic E-state index is 0.234. The molecule has 0 aliphatic heterocycles. The summed E-state index contributed by atoms with van der Waals surface area (Å²) < 4.78 is 42.8. The number of ketones is 1. The van der Waals surface area contributed by atoms with Gasteiger partial charge in [-0.1, -0.05) is 0 Å². The molecule has 3 nitrogen and oxygen atoms in total. The van der Waals surface area contributed by atoms with E-state index in [1.54, 1.807) is 6.92 Å². The maximum Gasteiger partial charge on any atom is 0.456 e. The number of aromatic nitrogens is 1. The first-order valence-electron chi connectivity index (χ1n) is 4.81. The molecule has 6 heteroatoms. The van der Waals surface area contributed by atoms with E-state index in [0.717, 1.165) is 6.07 Å². The molecule has 0 saturated carbocycles. The molecule has 0 aliphatic rings. The fourth-order valence-electron chi connectivity index (χ4n) is 1.27. The lowest BCUT2D eigenvalue weighted by atomic mass is 10.3. The van der Waals surface area contributed by atoms with Crippen molar-refractivity contribution in [2.75, 3.05) is 13.2 Å². The molecule has 0 saturated heterocycles. The van der Waals surface area contributed by atoms with Crippen molar-refractivity contribution < 1.29 is 22.7 Å². The number of alkyl halides is 3. The molecule has 1 heterocycles. The van der Waals surface area contributed by atoms with Crippen LogP contribution in [0.1, 0.15) is 17.4 Å². The first kappa shape index (κ1) is 12.8. The smallest absolute Gasteiger partial charge is 0.380 e. The summed E-state index contributed by atoms with van der Waals surface area (Å²) in [5, 5.41) is 0. The molecule has 16 heavy (non-hydrogen) atoms. The van der Waals surface area contributed by atoms with E-state index < -0.39 is 12.0 Å². The molecule has 90 valence electrons. The Labute approximate surface area is 90.8 Å². The Kier molecular flexibility index (Phi) is 4.12. The number of carbonyl (C=O) groups excluding carboxylic acids is 1. The fourth-order valence-corrected chi connectivity index (χ4v) is 1.27. The van der Waals surface area contributed by atoms with Crippen molar-refractivity contribution >= 4 is 5.78 Å². The largest absolute Gasteiger partial charge is 0.456 e. The summed E-state index contributed by atoms with van der Waals surface area (Å²) in [6, 6.07) is 2.56. The Morgan fingerprint density at radius 1 is 1.50 bits per heavy atom. The van der Waals surface area contributed by atoms with E-state index in [2.05, 4.69) is 0 Å². The molecule has 1 aromatic rings. The van der Waals surface area contributed by atoms with Crippen LogP contribution in [-0.2, 0) is 11.3 Å². The van der Waals surface area contributed by atoms with Gasteiger partial charge in [0.1, 0.15) is 0 Å². The molecule has 0 amide bonds. The van der Waals surface area contributed by atoms with Crippen molar-refractivity contribution in [3.05, 3.63) is 24.0 Å². The van der Waals surface area contributed by atoms with Crippen molar-refractivity contribution in [1.29, 1.82) is 0 Å². The number of hydrogen-bond acceptors (Lipinski definition) is 2. The summed E-state index contributed by atoms with van der Waals surface area (Å²) in [7, 11) is 0. The van der Waals surface area contributed by atoms with Crippen LogP contribution in [0, 0.1) is 0 Å². The quantitative estimate of drug-likeness (QED) is 0.579. The average Bonchev–Trinajstić information content (AvgIpc) is 2.64. The van der Waals surface area contributed by atoms with Gasteiger partial charge >= 0.3 is 6.18 Å². The molecule has 0 fully saturated rings. The Hall–Kier alpha value is -1.30. The number of carbonyl (C=O) groups is 1. The summed E-state index contributed by atoms with van der Waals surface area (Å²) in [4.78, 5) is 11.0. The first-order chi connectivity index (χ1) is 7.46. The SMILES string of the molecule is CCOCCn1cccc1C(=O)C(F)(F)F. The van der Waals surface area contributed by atoms with E-state index in [1.807, 2.05) is 0 Å². The minimum Gasteiger partial charge on any atom is -0.380 e. The van der Waals surface area contributed by atoms with Gasteiger partial charge < -0.3 is 9.30 Å². The summed E-state index contributed by atoms with van der Waals surface area (Å²) >= 11 is 0. The van der Waals surface area contributed by atoms with E-state index in [0.29, 0.717) is 6.61 Å². The van der Waals surface area contributed by atoms with Gasteiger partial charge in [-0.15, -0.1) is 0 Å². The predicted molar refractivity (Wildman–Crippen MR) is 51.3 cm³/mol. The molecule has 0 unspecified atom stereocenters. The van der Waals surface area contributed by atoms with Gasteiger partial charge in [0.2, 0.25) is 0 Å². The Balaban J connectivity index is 2.74. The van der Waals surface area contributed by atoms with E-state index in [9.17, 15) is 18.0 Å². The van der Waals surface area contributed by atoms with Gasteiger partial charge in [-0.25, -0.2) is 0 Å². The van der Waals surface area contributed by atoms with Crippen LogP contribution in [0.15, 0.2) is 18.3 Å². The van der Waals surface area contributed by atoms with Gasteiger partial charge in [0.15, 0.2) is 0 Å². The molecular formula is C10H12F3NO2. The molecule has 0 radical (unpaired) electrons. The highest BCUT2D eigenvalue weighted by Gasteiger charge is 2.40. The molecule has 0 bridgehead atoms. The lowest BCUT2D eigenvalue weighted by Crippen LogP contribution is -2.26. The lowest BCUT2D eigenvalue weighted by molar-refractivity contribution is -0.0891. The zero-order valence-electron chi connectivity index (χ0n) is 8.75. The van der Waals surface area contributed by atoms with E-state index in [-0.39, 0.29) is 18.8 Å². The van der Waals surface area contributed by atoms with Crippen molar-refractivity contribution in [2.24, 2.45) is 0 Å². The minimum atomic E-state index is -4.83. The number of nitrogens with zero attached hydrogens (tertiary/aromatic N) is 1. The van der Waals surface area contributed by atoms with Crippen molar-refractivity contribution in [3.8, 4) is 0 Å². The zero-order valence-corrected chi connectivity index (χ0v) is 8.75. The van der Waals surface area contributed by atoms with Gasteiger partial charge in [0.25, 0.3) is 5.78 Å².